The predicted molar refractivity (Wildman–Crippen MR) is 77.2 cm³/mol. The van der Waals surface area contributed by atoms with Gasteiger partial charge in [-0.05, 0) is 13.0 Å². The second kappa shape index (κ2) is 7.01. The number of benzene rings is 1. The van der Waals surface area contributed by atoms with Gasteiger partial charge in [0, 0.05) is 24.1 Å². The molecular weight excluding hydrogens is 290 g/mol. The van der Waals surface area contributed by atoms with Gasteiger partial charge in [0.05, 0.1) is 17.6 Å². The molecule has 0 fully saturated rings. The van der Waals surface area contributed by atoms with Crippen molar-refractivity contribution in [3.05, 3.63) is 40.6 Å². The summed E-state index contributed by atoms with van der Waals surface area (Å²) >= 11 is 0. The third-order valence-electron chi connectivity index (χ3n) is 3.12. The Kier molecular flexibility index (Phi) is 5.08. The Balaban J connectivity index is 2.67. The zero-order valence-electron chi connectivity index (χ0n) is 12.2. The molecule has 118 valence electrons. The molecule has 0 radical (unpaired) electrons. The Morgan fingerprint density at radius 2 is 2.14 bits per heavy atom. The van der Waals surface area contributed by atoms with Crippen molar-refractivity contribution < 1.29 is 24.3 Å². The SMILES string of the molecule is CCOCc1c(C(=O)NCCO)[n+](=O)c2ccccc2n1O. The van der Waals surface area contributed by atoms with Crippen molar-refractivity contribution in [3.63, 3.8) is 0 Å². The van der Waals surface area contributed by atoms with Gasteiger partial charge >= 0.3 is 11.6 Å². The molecule has 0 saturated heterocycles. The lowest BCUT2D eigenvalue weighted by molar-refractivity contribution is -0.469. The van der Waals surface area contributed by atoms with Gasteiger partial charge in [-0.1, -0.05) is 12.1 Å². The second-order valence-electron chi connectivity index (χ2n) is 4.51. The molecule has 0 aliphatic heterocycles. The molecule has 1 aromatic heterocycles. The summed E-state index contributed by atoms with van der Waals surface area (Å²) < 4.78 is 6.48. The standard InChI is InChI=1S/C14H17N3O5/c1-2-22-9-12-13(14(19)15-7-8-18)17(21)11-6-4-3-5-10(11)16(12)20/h3-6,18,20H,2,7-9H2,1H3/p+1. The van der Waals surface area contributed by atoms with E-state index >= 15 is 0 Å². The maximum absolute atomic E-state index is 12.5. The minimum atomic E-state index is -0.688. The average molecular weight is 308 g/mol. The van der Waals surface area contributed by atoms with E-state index in [4.69, 9.17) is 9.84 Å². The van der Waals surface area contributed by atoms with Crippen LogP contribution in [0.4, 0.5) is 0 Å². The molecule has 1 amide bonds. The summed E-state index contributed by atoms with van der Waals surface area (Å²) in [6.45, 7) is 1.79. The van der Waals surface area contributed by atoms with Gasteiger partial charge in [0.25, 0.3) is 5.52 Å². The van der Waals surface area contributed by atoms with Crippen LogP contribution in [-0.4, -0.2) is 40.7 Å². The molecule has 22 heavy (non-hydrogen) atoms. The van der Waals surface area contributed by atoms with Gasteiger partial charge in [-0.2, -0.15) is 4.73 Å². The normalized spacial score (nSPS) is 10.8. The third kappa shape index (κ3) is 2.92. The number of carbonyl (C=O) groups is 1. The van der Waals surface area contributed by atoms with Crippen molar-refractivity contribution in [1.29, 1.82) is 0 Å². The van der Waals surface area contributed by atoms with Crippen molar-refractivity contribution in [2.75, 3.05) is 19.8 Å². The van der Waals surface area contributed by atoms with E-state index in [1.807, 2.05) is 0 Å². The highest BCUT2D eigenvalue weighted by Crippen LogP contribution is 2.14. The highest BCUT2D eigenvalue weighted by atomic mass is 16.5. The number of hydrogen-bond donors (Lipinski definition) is 3. The van der Waals surface area contributed by atoms with Crippen LogP contribution in [0.5, 0.6) is 0 Å². The third-order valence-corrected chi connectivity index (χ3v) is 3.12. The lowest BCUT2D eigenvalue weighted by Crippen LogP contribution is -2.38. The number of hydrogen-bond acceptors (Lipinski definition) is 5. The van der Waals surface area contributed by atoms with E-state index in [2.05, 4.69) is 5.32 Å². The number of aliphatic hydroxyl groups is 1. The van der Waals surface area contributed by atoms with E-state index in [0.717, 1.165) is 4.73 Å². The number of fused-ring (bicyclic) bond motifs is 1. The van der Waals surface area contributed by atoms with Crippen molar-refractivity contribution in [1.82, 2.24) is 10.0 Å². The summed E-state index contributed by atoms with van der Waals surface area (Å²) in [4.78, 5) is 24.7. The van der Waals surface area contributed by atoms with E-state index in [9.17, 15) is 14.9 Å². The molecule has 0 aliphatic rings. The number of carbonyl (C=O) groups excluding carboxylic acids is 1. The average Bonchev–Trinajstić information content (AvgIpc) is 2.54. The first-order valence-corrected chi connectivity index (χ1v) is 6.87. The van der Waals surface area contributed by atoms with Gasteiger partial charge < -0.3 is 20.4 Å². The van der Waals surface area contributed by atoms with Crippen LogP contribution in [0.25, 0.3) is 11.0 Å². The second-order valence-corrected chi connectivity index (χ2v) is 4.51. The van der Waals surface area contributed by atoms with E-state index in [1.54, 1.807) is 25.1 Å². The number of para-hydroxylation sites is 2. The Morgan fingerprint density at radius 3 is 2.82 bits per heavy atom. The summed E-state index contributed by atoms with van der Waals surface area (Å²) in [6.07, 6.45) is 0. The van der Waals surface area contributed by atoms with Gasteiger partial charge in [0.15, 0.2) is 11.2 Å². The molecule has 3 N–H and O–H groups in total. The minimum absolute atomic E-state index is 0.00512. The molecule has 0 unspecified atom stereocenters. The zero-order valence-corrected chi connectivity index (χ0v) is 12.2. The van der Waals surface area contributed by atoms with Crippen LogP contribution in [0.2, 0.25) is 0 Å². The van der Waals surface area contributed by atoms with Gasteiger partial charge in [-0.3, -0.25) is 4.79 Å². The molecule has 0 saturated carbocycles. The lowest BCUT2D eigenvalue weighted by Gasteiger charge is -2.09. The van der Waals surface area contributed by atoms with Crippen LogP contribution in [0.15, 0.2) is 24.3 Å². The zero-order chi connectivity index (χ0) is 16.1. The number of aromatic nitrogens is 2. The summed E-state index contributed by atoms with van der Waals surface area (Å²) in [5.74, 6) is -0.688. The highest BCUT2D eigenvalue weighted by molar-refractivity contribution is 5.93. The molecule has 8 nitrogen and oxygen atoms in total. The number of nitrogens with zero attached hydrogens (tertiary/aromatic N) is 2. The smallest absolute Gasteiger partial charge is 0.352 e. The van der Waals surface area contributed by atoms with Crippen LogP contribution in [0.1, 0.15) is 23.1 Å². The number of amides is 1. The van der Waals surface area contributed by atoms with Gasteiger partial charge in [-0.15, -0.1) is 0 Å². The first-order valence-electron chi connectivity index (χ1n) is 6.87. The Morgan fingerprint density at radius 1 is 1.41 bits per heavy atom. The monoisotopic (exact) mass is 308 g/mol. The highest BCUT2D eigenvalue weighted by Gasteiger charge is 2.30. The summed E-state index contributed by atoms with van der Waals surface area (Å²) in [6, 6.07) is 6.37. The van der Waals surface area contributed by atoms with Crippen molar-refractivity contribution >= 4 is 16.9 Å². The molecule has 0 spiro atoms. The van der Waals surface area contributed by atoms with Gasteiger partial charge in [0.1, 0.15) is 0 Å². The Labute approximate surface area is 126 Å². The van der Waals surface area contributed by atoms with Gasteiger partial charge in [0.2, 0.25) is 0 Å². The number of rotatable bonds is 6. The predicted octanol–water partition coefficient (Wildman–Crippen LogP) is 0.0517. The summed E-state index contributed by atoms with van der Waals surface area (Å²) in [5.41, 5.74) is 0.208. The maximum Gasteiger partial charge on any atom is 0.352 e. The van der Waals surface area contributed by atoms with Crippen LogP contribution >= 0.6 is 0 Å². The van der Waals surface area contributed by atoms with Crippen LogP contribution < -0.4 is 9.74 Å². The molecule has 0 atom stereocenters. The van der Waals surface area contributed by atoms with Crippen molar-refractivity contribution in [2.45, 2.75) is 13.5 Å². The minimum Gasteiger partial charge on any atom is -0.428 e. The first kappa shape index (κ1) is 15.9. The summed E-state index contributed by atoms with van der Waals surface area (Å²) in [5, 5.41) is 21.5. The first-order chi connectivity index (χ1) is 10.6. The van der Waals surface area contributed by atoms with E-state index in [0.29, 0.717) is 11.0 Å². The molecule has 0 bridgehead atoms. The quantitative estimate of drug-likeness (QED) is 0.516. The van der Waals surface area contributed by atoms with Crippen molar-refractivity contribution in [2.24, 2.45) is 0 Å². The van der Waals surface area contributed by atoms with E-state index < -0.39 is 5.91 Å². The van der Waals surface area contributed by atoms with Crippen LogP contribution in [-0.2, 0) is 11.3 Å². The lowest BCUT2D eigenvalue weighted by atomic mass is 10.2. The fraction of sp³-hybridized carbons (Fsp3) is 0.357. The topological polar surface area (TPSA) is 107 Å². The van der Waals surface area contributed by atoms with Crippen molar-refractivity contribution in [3.8, 4) is 0 Å². The fourth-order valence-electron chi connectivity index (χ4n) is 2.10. The fourth-order valence-corrected chi connectivity index (χ4v) is 2.10. The Hall–Kier alpha value is -2.45. The Bertz CT molecular complexity index is 741. The van der Waals surface area contributed by atoms with Crippen LogP contribution in [0.3, 0.4) is 0 Å². The molecule has 1 aromatic carbocycles. The molecule has 2 rings (SSSR count). The van der Waals surface area contributed by atoms with E-state index in [-0.39, 0.29) is 42.2 Å². The molecule has 1 heterocycles. The van der Waals surface area contributed by atoms with E-state index in [1.165, 1.54) is 6.07 Å². The molecule has 8 heteroatoms. The molecule has 0 aliphatic carbocycles. The van der Waals surface area contributed by atoms with Crippen LogP contribution in [0, 0.1) is 4.91 Å². The van der Waals surface area contributed by atoms with Gasteiger partial charge in [-0.25, -0.2) is 0 Å². The number of aliphatic hydroxyl groups excluding tert-OH is 1. The maximum atomic E-state index is 12.5. The summed E-state index contributed by atoms with van der Waals surface area (Å²) in [7, 11) is 0. The number of nitrogens with one attached hydrogen (secondary N) is 1. The molecular formula is C14H18N3O5+. The molecule has 2 aromatic rings. The number of ether oxygens (including phenoxy) is 1. The largest absolute Gasteiger partial charge is 0.428 e.